The van der Waals surface area contributed by atoms with Gasteiger partial charge >= 0.3 is 0 Å². The fourth-order valence-corrected chi connectivity index (χ4v) is 4.30. The lowest BCUT2D eigenvalue weighted by Crippen LogP contribution is -2.41. The largest absolute Gasteiger partial charge is 0.325 e. The van der Waals surface area contributed by atoms with Crippen molar-refractivity contribution < 1.29 is 9.59 Å². The smallest absolute Gasteiger partial charge is 0.238 e. The first-order valence-corrected chi connectivity index (χ1v) is 11.2. The maximum absolute atomic E-state index is 12.5. The molecule has 2 N–H and O–H groups in total. The molecule has 3 aromatic rings. The lowest BCUT2D eigenvalue weighted by Gasteiger charge is -2.30. The number of nitrogens with zero attached hydrogens (tertiary/aromatic N) is 3. The summed E-state index contributed by atoms with van der Waals surface area (Å²) in [5.74, 6) is 0.462. The van der Waals surface area contributed by atoms with Crippen LogP contribution >= 0.6 is 11.3 Å². The minimum absolute atomic E-state index is 0.00288. The monoisotopic (exact) mass is 435 g/mol. The maximum Gasteiger partial charge on any atom is 0.238 e. The Bertz CT molecular complexity index is 1040. The summed E-state index contributed by atoms with van der Waals surface area (Å²) in [7, 11) is 0. The van der Waals surface area contributed by atoms with Gasteiger partial charge < -0.3 is 10.6 Å². The molecular weight excluding hydrogens is 410 g/mol. The summed E-state index contributed by atoms with van der Waals surface area (Å²) in [6.45, 7) is 3.72. The zero-order valence-electron chi connectivity index (χ0n) is 17.4. The summed E-state index contributed by atoms with van der Waals surface area (Å²) in [5, 5.41) is 8.88. The van der Waals surface area contributed by atoms with Crippen molar-refractivity contribution in [2.75, 3.05) is 30.3 Å². The molecule has 0 radical (unpaired) electrons. The van der Waals surface area contributed by atoms with E-state index in [1.807, 2.05) is 48.7 Å². The molecule has 1 fully saturated rings. The van der Waals surface area contributed by atoms with Crippen LogP contribution in [0.1, 0.15) is 17.8 Å². The average molecular weight is 436 g/mol. The van der Waals surface area contributed by atoms with E-state index >= 15 is 0 Å². The second-order valence-corrected chi connectivity index (χ2v) is 8.70. The zero-order chi connectivity index (χ0) is 21.6. The molecule has 3 heterocycles. The van der Waals surface area contributed by atoms with Crippen LogP contribution in [0.5, 0.6) is 0 Å². The SMILES string of the molecule is Cc1nc(-c2cccc(NC(=O)CN3CCC(C(=O)Nc4ccccn4)CC3)c2)cs1. The molecule has 160 valence electrons. The van der Waals surface area contributed by atoms with E-state index < -0.39 is 0 Å². The van der Waals surface area contributed by atoms with E-state index in [0.717, 1.165) is 34.8 Å². The number of carbonyl (C=O) groups excluding carboxylic acids is 2. The number of hydrogen-bond donors (Lipinski definition) is 2. The number of amides is 2. The van der Waals surface area contributed by atoms with Crippen LogP contribution in [-0.2, 0) is 9.59 Å². The Kier molecular flexibility index (Phi) is 6.69. The molecule has 0 spiro atoms. The third-order valence-electron chi connectivity index (χ3n) is 5.30. The number of piperidine rings is 1. The summed E-state index contributed by atoms with van der Waals surface area (Å²) in [5.41, 5.74) is 2.67. The molecule has 7 nitrogen and oxygen atoms in total. The number of pyridine rings is 1. The van der Waals surface area contributed by atoms with Crippen LogP contribution in [0.25, 0.3) is 11.3 Å². The number of thiazole rings is 1. The van der Waals surface area contributed by atoms with E-state index in [4.69, 9.17) is 0 Å². The highest BCUT2D eigenvalue weighted by Crippen LogP contribution is 2.24. The lowest BCUT2D eigenvalue weighted by molar-refractivity contribution is -0.121. The van der Waals surface area contributed by atoms with Crippen LogP contribution in [-0.4, -0.2) is 46.3 Å². The minimum Gasteiger partial charge on any atom is -0.325 e. The second-order valence-electron chi connectivity index (χ2n) is 7.64. The van der Waals surface area contributed by atoms with E-state index in [1.165, 1.54) is 0 Å². The Morgan fingerprint density at radius 3 is 2.68 bits per heavy atom. The third kappa shape index (κ3) is 5.74. The van der Waals surface area contributed by atoms with Crippen molar-refractivity contribution in [2.24, 2.45) is 5.92 Å². The quantitative estimate of drug-likeness (QED) is 0.615. The highest BCUT2D eigenvalue weighted by Gasteiger charge is 2.26. The lowest BCUT2D eigenvalue weighted by atomic mass is 9.96. The van der Waals surface area contributed by atoms with Crippen molar-refractivity contribution in [1.82, 2.24) is 14.9 Å². The number of carbonyl (C=O) groups is 2. The molecule has 31 heavy (non-hydrogen) atoms. The molecule has 0 atom stereocenters. The fraction of sp³-hybridized carbons (Fsp3) is 0.304. The summed E-state index contributed by atoms with van der Waals surface area (Å²) in [4.78, 5) is 35.7. The van der Waals surface area contributed by atoms with Gasteiger partial charge in [-0.1, -0.05) is 18.2 Å². The standard InChI is InChI=1S/C23H25N5O2S/c1-16-25-20(15-31-16)18-5-4-6-19(13-18)26-22(29)14-28-11-8-17(9-12-28)23(30)27-21-7-2-3-10-24-21/h2-7,10,13,15,17H,8-9,11-12,14H2,1H3,(H,26,29)(H,24,27,30). The van der Waals surface area contributed by atoms with Crippen molar-refractivity contribution in [2.45, 2.75) is 19.8 Å². The van der Waals surface area contributed by atoms with Gasteiger partial charge in [0, 0.05) is 28.7 Å². The molecule has 2 amide bonds. The number of rotatable bonds is 6. The summed E-state index contributed by atoms with van der Waals surface area (Å²) >= 11 is 1.61. The van der Waals surface area contributed by atoms with Gasteiger partial charge in [-0.15, -0.1) is 11.3 Å². The maximum atomic E-state index is 12.5. The molecule has 0 unspecified atom stereocenters. The molecule has 4 rings (SSSR count). The van der Waals surface area contributed by atoms with Crippen molar-refractivity contribution in [3.8, 4) is 11.3 Å². The number of anilines is 2. The normalized spacial score (nSPS) is 14.9. The Labute approximate surface area is 185 Å². The molecule has 1 aliphatic rings. The highest BCUT2D eigenvalue weighted by molar-refractivity contribution is 7.09. The third-order valence-corrected chi connectivity index (χ3v) is 6.08. The van der Waals surface area contributed by atoms with E-state index in [2.05, 4.69) is 25.5 Å². The highest BCUT2D eigenvalue weighted by atomic mass is 32.1. The van der Waals surface area contributed by atoms with Gasteiger partial charge in [-0.05, 0) is 57.1 Å². The van der Waals surface area contributed by atoms with Crippen molar-refractivity contribution in [3.63, 3.8) is 0 Å². The molecule has 8 heteroatoms. The summed E-state index contributed by atoms with van der Waals surface area (Å²) < 4.78 is 0. The van der Waals surface area contributed by atoms with Gasteiger partial charge in [0.15, 0.2) is 0 Å². The van der Waals surface area contributed by atoms with Gasteiger partial charge in [-0.3, -0.25) is 14.5 Å². The molecule has 1 aliphatic heterocycles. The van der Waals surface area contributed by atoms with Crippen molar-refractivity contribution in [3.05, 3.63) is 59.0 Å². The molecule has 1 aromatic carbocycles. The predicted octanol–water partition coefficient (Wildman–Crippen LogP) is 3.80. The number of hydrogen-bond acceptors (Lipinski definition) is 6. The van der Waals surface area contributed by atoms with Gasteiger partial charge in [0.05, 0.1) is 17.2 Å². The molecular formula is C23H25N5O2S. The number of likely N-dealkylation sites (tertiary alicyclic amines) is 1. The first kappa shape index (κ1) is 21.1. The van der Waals surface area contributed by atoms with Gasteiger partial charge in [0.1, 0.15) is 5.82 Å². The van der Waals surface area contributed by atoms with Gasteiger partial charge in [0.2, 0.25) is 11.8 Å². The number of nitrogens with one attached hydrogen (secondary N) is 2. The predicted molar refractivity (Wildman–Crippen MR) is 123 cm³/mol. The van der Waals surface area contributed by atoms with E-state index in [0.29, 0.717) is 25.5 Å². The van der Waals surface area contributed by atoms with Crippen LogP contribution in [0.4, 0.5) is 11.5 Å². The summed E-state index contributed by atoms with van der Waals surface area (Å²) in [6.07, 6.45) is 3.11. The van der Waals surface area contributed by atoms with Crippen LogP contribution < -0.4 is 10.6 Å². The first-order chi connectivity index (χ1) is 15.1. The van der Waals surface area contributed by atoms with Gasteiger partial charge in [-0.25, -0.2) is 9.97 Å². The van der Waals surface area contributed by atoms with E-state index in [9.17, 15) is 9.59 Å². The Balaban J connectivity index is 1.25. The molecule has 0 saturated carbocycles. The topological polar surface area (TPSA) is 87.2 Å². The minimum atomic E-state index is -0.0560. The number of aryl methyl sites for hydroxylation is 1. The fourth-order valence-electron chi connectivity index (χ4n) is 3.67. The van der Waals surface area contributed by atoms with Crippen LogP contribution in [0.15, 0.2) is 54.0 Å². The Hall–Kier alpha value is -3.10. The Morgan fingerprint density at radius 2 is 1.97 bits per heavy atom. The average Bonchev–Trinajstić information content (AvgIpc) is 3.21. The van der Waals surface area contributed by atoms with Gasteiger partial charge in [-0.2, -0.15) is 0 Å². The van der Waals surface area contributed by atoms with E-state index in [1.54, 1.807) is 23.6 Å². The molecule has 0 bridgehead atoms. The Morgan fingerprint density at radius 1 is 1.13 bits per heavy atom. The van der Waals surface area contributed by atoms with Crippen LogP contribution in [0, 0.1) is 12.8 Å². The van der Waals surface area contributed by atoms with E-state index in [-0.39, 0.29) is 17.7 Å². The van der Waals surface area contributed by atoms with Gasteiger partial charge in [0.25, 0.3) is 0 Å². The van der Waals surface area contributed by atoms with Crippen molar-refractivity contribution >= 4 is 34.7 Å². The van der Waals surface area contributed by atoms with Crippen LogP contribution in [0.3, 0.4) is 0 Å². The van der Waals surface area contributed by atoms with Crippen LogP contribution in [0.2, 0.25) is 0 Å². The first-order valence-electron chi connectivity index (χ1n) is 10.3. The zero-order valence-corrected chi connectivity index (χ0v) is 18.2. The molecule has 0 aliphatic carbocycles. The number of aromatic nitrogens is 2. The van der Waals surface area contributed by atoms with Crippen molar-refractivity contribution in [1.29, 1.82) is 0 Å². The number of benzene rings is 1. The second kappa shape index (κ2) is 9.80. The summed E-state index contributed by atoms with van der Waals surface area (Å²) in [6, 6.07) is 13.2. The molecule has 1 saturated heterocycles. The molecule has 2 aromatic heterocycles.